The smallest absolute Gasteiger partial charge is 0.310 e. The summed E-state index contributed by atoms with van der Waals surface area (Å²) in [5.74, 6) is -0.515. The third kappa shape index (κ3) is 3.93. The number of ether oxygens (including phenoxy) is 1. The Bertz CT molecular complexity index is 567. The zero-order valence-corrected chi connectivity index (χ0v) is 12.2. The van der Waals surface area contributed by atoms with Crippen molar-refractivity contribution in [2.75, 3.05) is 20.2 Å². The van der Waals surface area contributed by atoms with Crippen LogP contribution in [0.5, 0.6) is 0 Å². The number of aryl methyl sites for hydroxylation is 1. The molecule has 114 valence electrons. The Balaban J connectivity index is 1.90. The van der Waals surface area contributed by atoms with Crippen LogP contribution in [-0.4, -0.2) is 41.5 Å². The summed E-state index contributed by atoms with van der Waals surface area (Å²) in [6, 6.07) is 4.91. The van der Waals surface area contributed by atoms with Crippen LogP contribution in [-0.2, 0) is 20.9 Å². The third-order valence-corrected chi connectivity index (χ3v) is 3.77. The van der Waals surface area contributed by atoms with Gasteiger partial charge in [0.1, 0.15) is 0 Å². The average molecular weight is 292 g/mol. The summed E-state index contributed by atoms with van der Waals surface area (Å²) in [6.45, 7) is 1.43. The summed E-state index contributed by atoms with van der Waals surface area (Å²) in [5, 5.41) is 0. The van der Waals surface area contributed by atoms with E-state index < -0.39 is 0 Å². The van der Waals surface area contributed by atoms with Crippen molar-refractivity contribution in [2.45, 2.75) is 25.8 Å². The molecule has 1 amide bonds. The Morgan fingerprint density at radius 3 is 2.90 bits per heavy atom. The van der Waals surface area contributed by atoms with E-state index in [-0.39, 0.29) is 29.8 Å². The predicted molar refractivity (Wildman–Crippen MR) is 76.6 cm³/mol. The molecule has 1 aromatic rings. The van der Waals surface area contributed by atoms with Gasteiger partial charge < -0.3 is 14.2 Å². The average Bonchev–Trinajstić information content (AvgIpc) is 2.53. The van der Waals surface area contributed by atoms with Crippen molar-refractivity contribution >= 4 is 11.9 Å². The molecule has 6 nitrogen and oxygen atoms in total. The minimum absolute atomic E-state index is 0.0284. The molecule has 2 rings (SSSR count). The summed E-state index contributed by atoms with van der Waals surface area (Å²) >= 11 is 0. The van der Waals surface area contributed by atoms with Crippen LogP contribution in [0.1, 0.15) is 19.3 Å². The van der Waals surface area contributed by atoms with Crippen LogP contribution in [0.4, 0.5) is 0 Å². The van der Waals surface area contributed by atoms with E-state index in [9.17, 15) is 14.4 Å². The zero-order chi connectivity index (χ0) is 15.2. The molecule has 0 radical (unpaired) electrons. The maximum absolute atomic E-state index is 12.2. The summed E-state index contributed by atoms with van der Waals surface area (Å²) in [5.41, 5.74) is -0.114. The lowest BCUT2D eigenvalue weighted by molar-refractivity contribution is -0.149. The lowest BCUT2D eigenvalue weighted by Crippen LogP contribution is -2.43. The summed E-state index contributed by atoms with van der Waals surface area (Å²) in [4.78, 5) is 37.0. The number of methoxy groups -OCH3 is 1. The fraction of sp³-hybridized carbons (Fsp3) is 0.533. The number of pyridine rings is 1. The SMILES string of the molecule is COC(=O)C1CCCN(C(=O)CCn2ccccc2=O)C1. The fourth-order valence-electron chi connectivity index (χ4n) is 2.58. The lowest BCUT2D eigenvalue weighted by atomic mass is 9.98. The summed E-state index contributed by atoms with van der Waals surface area (Å²) < 4.78 is 6.25. The second kappa shape index (κ2) is 7.06. The van der Waals surface area contributed by atoms with Crippen molar-refractivity contribution in [1.82, 2.24) is 9.47 Å². The first-order valence-corrected chi connectivity index (χ1v) is 7.13. The second-order valence-corrected chi connectivity index (χ2v) is 5.18. The minimum Gasteiger partial charge on any atom is -0.469 e. The Labute approximate surface area is 123 Å². The number of carbonyl (C=O) groups excluding carboxylic acids is 2. The third-order valence-electron chi connectivity index (χ3n) is 3.77. The maximum Gasteiger partial charge on any atom is 0.310 e. The Kier molecular flexibility index (Phi) is 5.14. The van der Waals surface area contributed by atoms with Gasteiger partial charge in [0.15, 0.2) is 0 Å². The molecule has 1 aromatic heterocycles. The molecule has 0 aromatic carbocycles. The molecule has 1 unspecified atom stereocenters. The van der Waals surface area contributed by atoms with Gasteiger partial charge in [-0.2, -0.15) is 0 Å². The number of piperidine rings is 1. The van der Waals surface area contributed by atoms with Crippen LogP contribution in [0.25, 0.3) is 0 Å². The molecular weight excluding hydrogens is 272 g/mol. The first-order chi connectivity index (χ1) is 10.1. The minimum atomic E-state index is -0.258. The molecule has 0 bridgehead atoms. The predicted octanol–water partition coefficient (Wildman–Crippen LogP) is 0.650. The molecule has 2 heterocycles. The van der Waals surface area contributed by atoms with Crippen LogP contribution in [0.2, 0.25) is 0 Å². The number of hydrogen-bond acceptors (Lipinski definition) is 4. The lowest BCUT2D eigenvalue weighted by Gasteiger charge is -2.31. The van der Waals surface area contributed by atoms with E-state index in [2.05, 4.69) is 0 Å². The largest absolute Gasteiger partial charge is 0.469 e. The first-order valence-electron chi connectivity index (χ1n) is 7.13. The topological polar surface area (TPSA) is 68.6 Å². The van der Waals surface area contributed by atoms with Crippen molar-refractivity contribution in [2.24, 2.45) is 5.92 Å². The highest BCUT2D eigenvalue weighted by molar-refractivity contribution is 5.78. The summed E-state index contributed by atoms with van der Waals surface area (Å²) in [7, 11) is 1.37. The van der Waals surface area contributed by atoms with Gasteiger partial charge in [-0.05, 0) is 18.9 Å². The normalized spacial score (nSPS) is 18.3. The van der Waals surface area contributed by atoms with Gasteiger partial charge in [-0.25, -0.2) is 0 Å². The fourth-order valence-corrected chi connectivity index (χ4v) is 2.58. The number of esters is 1. The van der Waals surface area contributed by atoms with E-state index in [0.717, 1.165) is 12.8 Å². The number of amides is 1. The number of rotatable bonds is 4. The molecule has 0 spiro atoms. The Morgan fingerprint density at radius 2 is 2.19 bits per heavy atom. The van der Waals surface area contributed by atoms with Crippen LogP contribution in [0, 0.1) is 5.92 Å². The monoisotopic (exact) mass is 292 g/mol. The molecule has 0 aliphatic carbocycles. The quantitative estimate of drug-likeness (QED) is 0.764. The highest BCUT2D eigenvalue weighted by atomic mass is 16.5. The van der Waals surface area contributed by atoms with Crippen molar-refractivity contribution < 1.29 is 14.3 Å². The molecule has 1 aliphatic rings. The number of aromatic nitrogens is 1. The molecule has 21 heavy (non-hydrogen) atoms. The van der Waals surface area contributed by atoms with Gasteiger partial charge in [-0.15, -0.1) is 0 Å². The second-order valence-electron chi connectivity index (χ2n) is 5.18. The van der Waals surface area contributed by atoms with Crippen LogP contribution in [0.3, 0.4) is 0 Å². The standard InChI is InChI=1S/C15H20N2O4/c1-21-15(20)12-5-4-9-17(11-12)14(19)7-10-16-8-3-2-6-13(16)18/h2-3,6,8,12H,4-5,7,9-11H2,1H3. The number of likely N-dealkylation sites (tertiary alicyclic amines) is 1. The maximum atomic E-state index is 12.2. The highest BCUT2D eigenvalue weighted by Crippen LogP contribution is 2.18. The van der Waals surface area contributed by atoms with E-state index in [1.165, 1.54) is 17.7 Å². The van der Waals surface area contributed by atoms with Gasteiger partial charge in [-0.1, -0.05) is 6.07 Å². The van der Waals surface area contributed by atoms with Gasteiger partial charge in [0.25, 0.3) is 5.56 Å². The van der Waals surface area contributed by atoms with E-state index in [0.29, 0.717) is 19.6 Å². The van der Waals surface area contributed by atoms with E-state index in [4.69, 9.17) is 4.74 Å². The van der Waals surface area contributed by atoms with Crippen molar-refractivity contribution in [3.63, 3.8) is 0 Å². The molecule has 6 heteroatoms. The van der Waals surface area contributed by atoms with Crippen molar-refractivity contribution in [3.05, 3.63) is 34.7 Å². The van der Waals surface area contributed by atoms with E-state index >= 15 is 0 Å². The zero-order valence-electron chi connectivity index (χ0n) is 12.2. The highest BCUT2D eigenvalue weighted by Gasteiger charge is 2.28. The van der Waals surface area contributed by atoms with Crippen molar-refractivity contribution in [1.29, 1.82) is 0 Å². The molecule has 1 atom stereocenters. The molecule has 1 fully saturated rings. The molecule has 1 saturated heterocycles. The number of carbonyl (C=O) groups is 2. The van der Waals surface area contributed by atoms with Gasteiger partial charge in [0.2, 0.25) is 5.91 Å². The van der Waals surface area contributed by atoms with E-state index in [1.807, 2.05) is 0 Å². The van der Waals surface area contributed by atoms with Gasteiger partial charge in [0.05, 0.1) is 13.0 Å². The molecule has 0 saturated carbocycles. The van der Waals surface area contributed by atoms with Crippen LogP contribution in [0.15, 0.2) is 29.2 Å². The van der Waals surface area contributed by atoms with Gasteiger partial charge in [-0.3, -0.25) is 14.4 Å². The van der Waals surface area contributed by atoms with Gasteiger partial charge in [0, 0.05) is 38.3 Å². The van der Waals surface area contributed by atoms with Gasteiger partial charge >= 0.3 is 5.97 Å². The van der Waals surface area contributed by atoms with Crippen LogP contribution >= 0.6 is 0 Å². The molecule has 0 N–H and O–H groups in total. The van der Waals surface area contributed by atoms with Crippen LogP contribution < -0.4 is 5.56 Å². The van der Waals surface area contributed by atoms with E-state index in [1.54, 1.807) is 23.2 Å². The summed E-state index contributed by atoms with van der Waals surface area (Å²) in [6.07, 6.45) is 3.49. The Hall–Kier alpha value is -2.11. The molecular formula is C15H20N2O4. The molecule has 1 aliphatic heterocycles. The number of nitrogens with zero attached hydrogens (tertiary/aromatic N) is 2. The van der Waals surface area contributed by atoms with Crippen molar-refractivity contribution in [3.8, 4) is 0 Å². The Morgan fingerprint density at radius 1 is 1.38 bits per heavy atom. The number of hydrogen-bond donors (Lipinski definition) is 0. The first kappa shape index (κ1) is 15.3.